The van der Waals surface area contributed by atoms with Crippen molar-refractivity contribution < 1.29 is 20.1 Å². The number of phenols is 3. The van der Waals surface area contributed by atoms with Crippen LogP contribution < -0.4 is 10.6 Å². The van der Waals surface area contributed by atoms with E-state index in [4.69, 9.17) is 0 Å². The first-order valence-electron chi connectivity index (χ1n) is 19.2. The lowest BCUT2D eigenvalue weighted by Crippen LogP contribution is -2.29. The molecule has 290 valence electrons. The van der Waals surface area contributed by atoms with Gasteiger partial charge < -0.3 is 26.0 Å². The van der Waals surface area contributed by atoms with E-state index >= 15 is 0 Å². The van der Waals surface area contributed by atoms with Gasteiger partial charge in [-0.15, -0.1) is 0 Å². The van der Waals surface area contributed by atoms with Gasteiger partial charge in [0.05, 0.1) is 12.1 Å². The number of aryl methyl sites for hydroxylation is 4. The number of hydrogen-bond acceptors (Lipinski definition) is 8. The van der Waals surface area contributed by atoms with Crippen LogP contribution in [0.25, 0.3) is 21.8 Å². The zero-order valence-electron chi connectivity index (χ0n) is 32.6. The van der Waals surface area contributed by atoms with Gasteiger partial charge in [-0.2, -0.15) is 0 Å². The van der Waals surface area contributed by atoms with E-state index in [9.17, 15) is 20.1 Å². The molecule has 3 heterocycles. The molecular formula is C49H45N5O4. The van der Waals surface area contributed by atoms with Crippen LogP contribution in [0.1, 0.15) is 63.0 Å². The molecule has 0 bridgehead atoms. The smallest absolute Gasteiger partial charge is 0.221 e. The molecular weight excluding hydrogens is 723 g/mol. The lowest BCUT2D eigenvalue weighted by molar-refractivity contribution is -0.121. The predicted molar refractivity (Wildman–Crippen MR) is 230 cm³/mol. The van der Waals surface area contributed by atoms with Crippen LogP contribution in [-0.2, 0) is 11.2 Å². The summed E-state index contributed by atoms with van der Waals surface area (Å²) in [7, 11) is 0. The fourth-order valence-corrected chi connectivity index (χ4v) is 6.98. The minimum absolute atomic E-state index is 0.0649. The van der Waals surface area contributed by atoms with Crippen LogP contribution in [0.15, 0.2) is 152 Å². The van der Waals surface area contributed by atoms with Gasteiger partial charge in [-0.3, -0.25) is 14.8 Å². The predicted octanol–water partition coefficient (Wildman–Crippen LogP) is 9.95. The number of phenolic OH excluding ortho intramolecular Hbond substituents is 3. The van der Waals surface area contributed by atoms with E-state index in [-0.39, 0.29) is 23.2 Å². The van der Waals surface area contributed by atoms with Crippen molar-refractivity contribution in [2.24, 2.45) is 0 Å². The molecule has 0 aliphatic rings. The summed E-state index contributed by atoms with van der Waals surface area (Å²) < 4.78 is 0. The normalized spacial score (nSPS) is 12.0. The second-order valence-electron chi connectivity index (χ2n) is 14.4. The second-order valence-corrected chi connectivity index (χ2v) is 14.4. The van der Waals surface area contributed by atoms with Gasteiger partial charge in [-0.05, 0) is 80.3 Å². The van der Waals surface area contributed by atoms with Gasteiger partial charge in [0.25, 0.3) is 0 Å². The lowest BCUT2D eigenvalue weighted by atomic mass is 9.94. The summed E-state index contributed by atoms with van der Waals surface area (Å²) in [4.78, 5) is 25.8. The Morgan fingerprint density at radius 2 is 1.17 bits per heavy atom. The minimum atomic E-state index is -0.499. The molecule has 58 heavy (non-hydrogen) atoms. The third kappa shape index (κ3) is 9.06. The van der Waals surface area contributed by atoms with Crippen LogP contribution >= 0.6 is 0 Å². The van der Waals surface area contributed by atoms with E-state index in [0.29, 0.717) is 46.4 Å². The maximum Gasteiger partial charge on any atom is 0.221 e. The van der Waals surface area contributed by atoms with Crippen molar-refractivity contribution in [3.63, 3.8) is 0 Å². The van der Waals surface area contributed by atoms with E-state index < -0.39 is 12.1 Å². The average molecular weight is 768 g/mol. The topological polar surface area (TPSA) is 140 Å². The highest BCUT2D eigenvalue weighted by Crippen LogP contribution is 2.39. The molecule has 3 aromatic heterocycles. The minimum Gasteiger partial charge on any atom is -0.508 e. The largest absolute Gasteiger partial charge is 0.508 e. The van der Waals surface area contributed by atoms with Crippen molar-refractivity contribution in [2.75, 3.05) is 5.32 Å². The Hall–Kier alpha value is -7.26. The summed E-state index contributed by atoms with van der Waals surface area (Å²) >= 11 is 0. The summed E-state index contributed by atoms with van der Waals surface area (Å²) in [5.41, 5.74) is 8.22. The Labute approximate surface area is 337 Å². The summed E-state index contributed by atoms with van der Waals surface area (Å²) in [6.07, 6.45) is 6.08. The van der Waals surface area contributed by atoms with Crippen molar-refractivity contribution in [3.05, 3.63) is 197 Å². The molecule has 5 N–H and O–H groups in total. The van der Waals surface area contributed by atoms with Crippen LogP contribution in [0.3, 0.4) is 0 Å². The fourth-order valence-electron chi connectivity index (χ4n) is 6.98. The second kappa shape index (κ2) is 17.7. The molecule has 0 aliphatic carbocycles. The maximum absolute atomic E-state index is 12.8. The number of rotatable bonds is 10. The van der Waals surface area contributed by atoms with Crippen molar-refractivity contribution in [3.8, 4) is 17.2 Å². The van der Waals surface area contributed by atoms with Crippen molar-refractivity contribution in [2.45, 2.75) is 45.7 Å². The van der Waals surface area contributed by atoms with Gasteiger partial charge >= 0.3 is 0 Å². The number of benzene rings is 5. The number of amides is 1. The Kier molecular flexibility index (Phi) is 11.9. The van der Waals surface area contributed by atoms with Gasteiger partial charge in [0.15, 0.2) is 0 Å². The summed E-state index contributed by atoms with van der Waals surface area (Å²) in [5, 5.41) is 40.7. The van der Waals surface area contributed by atoms with Crippen LogP contribution in [0.4, 0.5) is 5.82 Å². The summed E-state index contributed by atoms with van der Waals surface area (Å²) in [5.74, 6) is 0.929. The number of aromatic hydroxyl groups is 3. The van der Waals surface area contributed by atoms with Gasteiger partial charge in [-0.25, -0.2) is 4.98 Å². The molecule has 9 heteroatoms. The van der Waals surface area contributed by atoms with Gasteiger partial charge in [0.2, 0.25) is 5.91 Å². The highest BCUT2D eigenvalue weighted by Gasteiger charge is 2.24. The maximum atomic E-state index is 12.8. The molecule has 0 radical (unpaired) electrons. The monoisotopic (exact) mass is 767 g/mol. The zero-order chi connectivity index (χ0) is 40.6. The Bertz CT molecular complexity index is 2690. The van der Waals surface area contributed by atoms with Crippen LogP contribution in [0.5, 0.6) is 17.2 Å². The Balaban J connectivity index is 0.000000177. The quantitative estimate of drug-likeness (QED) is 0.0927. The molecule has 0 fully saturated rings. The highest BCUT2D eigenvalue weighted by molar-refractivity contribution is 5.87. The zero-order valence-corrected chi connectivity index (χ0v) is 32.6. The van der Waals surface area contributed by atoms with E-state index in [2.05, 4.69) is 25.6 Å². The van der Waals surface area contributed by atoms with Crippen LogP contribution in [-0.4, -0.2) is 36.2 Å². The number of carbonyl (C=O) groups excluding carboxylic acids is 1. The third-order valence-electron chi connectivity index (χ3n) is 10.1. The number of hydrogen-bond donors (Lipinski definition) is 5. The lowest BCUT2D eigenvalue weighted by Gasteiger charge is -2.23. The molecule has 8 aromatic rings. The van der Waals surface area contributed by atoms with Crippen molar-refractivity contribution in [1.82, 2.24) is 20.3 Å². The molecule has 0 saturated heterocycles. The fraction of sp³-hybridized carbons (Fsp3) is 0.143. The number of anilines is 1. The first-order valence-corrected chi connectivity index (χ1v) is 19.2. The SMILES string of the molecule is Cc1ccc(C(NC(=O)CCc2ccccc2)c2ccc3cccnc3c2O)cc1.Cc1ccnc(NC(c2cc(C)ccc2O)c2ccc3cccnc3c2O)c1. The molecule has 9 nitrogen and oxygen atoms in total. The standard InChI is InChI=1S/C26H24N2O2.C23H21N3O2/c1-18-9-12-21(13-10-18)24(28-23(29)16-11-19-6-3-2-4-7-19)22-15-14-20-8-5-17-27-25(20)26(22)30;1-14-5-8-19(27)18(12-14)22(26-20-13-15(2)9-11-24-20)17-7-6-16-4-3-10-25-21(16)23(17)28/h2-10,12-15,17,24,30H,11,16H2,1H3,(H,28,29);3-13,22,27-28H,1-2H3,(H,24,26). The average Bonchev–Trinajstić information content (AvgIpc) is 3.24. The number of carbonyl (C=O) groups is 1. The number of aromatic nitrogens is 3. The molecule has 2 atom stereocenters. The van der Waals surface area contributed by atoms with Crippen molar-refractivity contribution >= 4 is 33.5 Å². The van der Waals surface area contributed by atoms with Crippen LogP contribution in [0.2, 0.25) is 0 Å². The van der Waals surface area contributed by atoms with E-state index in [1.165, 1.54) is 0 Å². The Morgan fingerprint density at radius 1 is 0.569 bits per heavy atom. The molecule has 8 rings (SSSR count). The molecule has 0 aliphatic heterocycles. The van der Waals surface area contributed by atoms with Gasteiger partial charge in [-0.1, -0.05) is 108 Å². The van der Waals surface area contributed by atoms with E-state index in [0.717, 1.165) is 38.6 Å². The Morgan fingerprint density at radius 3 is 1.81 bits per heavy atom. The summed E-state index contributed by atoms with van der Waals surface area (Å²) in [6, 6.07) is 41.3. The number of nitrogens with zero attached hydrogens (tertiary/aromatic N) is 3. The number of pyridine rings is 3. The first-order chi connectivity index (χ1) is 28.1. The molecule has 0 spiro atoms. The first kappa shape index (κ1) is 39.0. The molecule has 5 aromatic carbocycles. The van der Waals surface area contributed by atoms with E-state index in [1.807, 2.05) is 148 Å². The van der Waals surface area contributed by atoms with Gasteiger partial charge in [0.1, 0.15) is 34.1 Å². The molecule has 2 unspecified atom stereocenters. The van der Waals surface area contributed by atoms with Gasteiger partial charge in [0, 0.05) is 52.5 Å². The molecule has 1 amide bonds. The number of nitrogens with one attached hydrogen (secondary N) is 2. The highest BCUT2D eigenvalue weighted by atomic mass is 16.3. The number of fused-ring (bicyclic) bond motifs is 2. The van der Waals surface area contributed by atoms with E-state index in [1.54, 1.807) is 24.7 Å². The third-order valence-corrected chi connectivity index (χ3v) is 10.1. The molecule has 0 saturated carbocycles. The summed E-state index contributed by atoms with van der Waals surface area (Å²) in [6.45, 7) is 5.98. The van der Waals surface area contributed by atoms with Crippen LogP contribution in [0, 0.1) is 20.8 Å². The van der Waals surface area contributed by atoms with Crippen molar-refractivity contribution in [1.29, 1.82) is 0 Å².